The second-order valence-corrected chi connectivity index (χ2v) is 11.4. The van der Waals surface area contributed by atoms with E-state index >= 15 is 0 Å². The van der Waals surface area contributed by atoms with Gasteiger partial charge in [0.2, 0.25) is 0 Å². The lowest BCUT2D eigenvalue weighted by molar-refractivity contribution is 0.0537. The first-order valence-corrected chi connectivity index (χ1v) is 13.5. The van der Waals surface area contributed by atoms with Crippen LogP contribution in [0.2, 0.25) is 0 Å². The number of fused-ring (bicyclic) bond motifs is 1. The zero-order valence-electron chi connectivity index (χ0n) is 22.7. The summed E-state index contributed by atoms with van der Waals surface area (Å²) in [5, 5.41) is 14.5. The van der Waals surface area contributed by atoms with Gasteiger partial charge in [0.05, 0.1) is 35.9 Å². The highest BCUT2D eigenvalue weighted by Crippen LogP contribution is 2.32. The summed E-state index contributed by atoms with van der Waals surface area (Å²) in [6.07, 6.45) is -0.924. The minimum absolute atomic E-state index is 0.0137. The molecule has 2 amide bonds. The zero-order valence-corrected chi connectivity index (χ0v) is 22.7. The lowest BCUT2D eigenvalue weighted by atomic mass is 9.85. The van der Waals surface area contributed by atoms with E-state index in [-0.39, 0.29) is 42.4 Å². The molecule has 5 rings (SSSR count). The van der Waals surface area contributed by atoms with Crippen molar-refractivity contribution in [3.05, 3.63) is 107 Å². The molecule has 0 spiro atoms. The number of amidine groups is 1. The number of carbonyl (C=O) groups is 2. The molecule has 3 atom stereocenters. The van der Waals surface area contributed by atoms with Crippen molar-refractivity contribution in [2.24, 2.45) is 10.4 Å². The molecule has 3 aromatic rings. The normalized spacial score (nSPS) is 18.8. The van der Waals surface area contributed by atoms with Gasteiger partial charge in [-0.3, -0.25) is 19.5 Å². The highest BCUT2D eigenvalue weighted by atomic mass is 16.3. The summed E-state index contributed by atoms with van der Waals surface area (Å²) in [6, 6.07) is 27.3. The van der Waals surface area contributed by atoms with Gasteiger partial charge in [0.15, 0.2) is 0 Å². The summed E-state index contributed by atoms with van der Waals surface area (Å²) >= 11 is 0. The molecule has 2 N–H and O–H groups in total. The third-order valence-electron chi connectivity index (χ3n) is 7.36. The maximum atomic E-state index is 12.8. The Hall–Kier alpha value is -3.81. The summed E-state index contributed by atoms with van der Waals surface area (Å²) in [5.74, 6) is 0.233. The third-order valence-corrected chi connectivity index (χ3v) is 7.36. The first kappa shape index (κ1) is 26.8. The molecule has 7 heteroatoms. The third kappa shape index (κ3) is 5.79. The van der Waals surface area contributed by atoms with Gasteiger partial charge in [0.25, 0.3) is 11.8 Å². The van der Waals surface area contributed by atoms with E-state index in [2.05, 4.69) is 55.3 Å². The summed E-state index contributed by atoms with van der Waals surface area (Å²) in [4.78, 5) is 34.3. The molecule has 2 unspecified atom stereocenters. The zero-order chi connectivity index (χ0) is 27.6. The minimum Gasteiger partial charge on any atom is -0.390 e. The van der Waals surface area contributed by atoms with Crippen LogP contribution in [-0.2, 0) is 6.54 Å². The van der Waals surface area contributed by atoms with E-state index in [9.17, 15) is 14.7 Å². The van der Waals surface area contributed by atoms with E-state index in [1.165, 1.54) is 11.1 Å². The lowest BCUT2D eigenvalue weighted by Gasteiger charge is -2.36. The summed E-state index contributed by atoms with van der Waals surface area (Å²) in [5.41, 5.74) is 2.94. The number of aliphatic hydroxyl groups is 1. The van der Waals surface area contributed by atoms with Crippen molar-refractivity contribution in [3.63, 3.8) is 0 Å². The van der Waals surface area contributed by atoms with Crippen LogP contribution in [0.15, 0.2) is 89.9 Å². The Morgan fingerprint density at radius 3 is 2.05 bits per heavy atom. The van der Waals surface area contributed by atoms with E-state index in [4.69, 9.17) is 4.99 Å². The van der Waals surface area contributed by atoms with Crippen molar-refractivity contribution in [1.29, 1.82) is 0 Å². The molecular weight excluding hydrogens is 488 g/mol. The van der Waals surface area contributed by atoms with Crippen LogP contribution in [0.3, 0.4) is 0 Å². The largest absolute Gasteiger partial charge is 0.390 e. The van der Waals surface area contributed by atoms with Crippen molar-refractivity contribution in [2.45, 2.75) is 45.5 Å². The Kier molecular flexibility index (Phi) is 7.64. The van der Waals surface area contributed by atoms with Crippen LogP contribution in [0.4, 0.5) is 0 Å². The number of aliphatic hydroxyl groups excluding tert-OH is 1. The van der Waals surface area contributed by atoms with Crippen LogP contribution in [-0.4, -0.2) is 64.3 Å². The van der Waals surface area contributed by atoms with Crippen LogP contribution >= 0.6 is 0 Å². The summed E-state index contributed by atoms with van der Waals surface area (Å²) < 4.78 is 0. The molecule has 2 aliphatic heterocycles. The molecule has 7 nitrogen and oxygen atoms in total. The molecule has 0 fully saturated rings. The number of nitrogens with zero attached hydrogens (tertiary/aromatic N) is 3. The fourth-order valence-corrected chi connectivity index (χ4v) is 5.36. The predicted octanol–water partition coefficient (Wildman–Crippen LogP) is 4.30. The number of nitrogens with one attached hydrogen (secondary N) is 1. The molecule has 0 aromatic heterocycles. The van der Waals surface area contributed by atoms with E-state index in [1.807, 2.05) is 36.4 Å². The number of carbonyl (C=O) groups excluding carboxylic acids is 2. The maximum absolute atomic E-state index is 12.8. The van der Waals surface area contributed by atoms with Gasteiger partial charge in [-0.1, -0.05) is 93.6 Å². The van der Waals surface area contributed by atoms with Crippen LogP contribution in [0, 0.1) is 5.41 Å². The van der Waals surface area contributed by atoms with Crippen LogP contribution < -0.4 is 5.32 Å². The number of benzene rings is 3. The number of aliphatic imine (C=N–C) groups is 1. The van der Waals surface area contributed by atoms with Gasteiger partial charge in [-0.15, -0.1) is 0 Å². The van der Waals surface area contributed by atoms with E-state index < -0.39 is 6.10 Å². The van der Waals surface area contributed by atoms with Crippen LogP contribution in [0.25, 0.3) is 0 Å². The summed E-state index contributed by atoms with van der Waals surface area (Å²) in [7, 11) is 0. The average Bonchev–Trinajstić information content (AvgIpc) is 3.44. The Labute approximate surface area is 230 Å². The topological polar surface area (TPSA) is 85.2 Å². The molecule has 0 saturated carbocycles. The Morgan fingerprint density at radius 1 is 0.897 bits per heavy atom. The molecule has 2 heterocycles. The first-order valence-electron chi connectivity index (χ1n) is 13.5. The molecule has 2 aliphatic rings. The van der Waals surface area contributed by atoms with Gasteiger partial charge in [0.1, 0.15) is 5.84 Å². The number of rotatable bonds is 9. The number of hydrogen-bond donors (Lipinski definition) is 2. The molecule has 202 valence electrons. The van der Waals surface area contributed by atoms with Crippen molar-refractivity contribution < 1.29 is 14.7 Å². The molecule has 3 aromatic carbocycles. The Morgan fingerprint density at radius 2 is 1.46 bits per heavy atom. The smallest absolute Gasteiger partial charge is 0.261 e. The van der Waals surface area contributed by atoms with Gasteiger partial charge >= 0.3 is 0 Å². The van der Waals surface area contributed by atoms with Crippen molar-refractivity contribution in [1.82, 2.24) is 15.1 Å². The highest BCUT2D eigenvalue weighted by molar-refractivity contribution is 6.21. The number of imide groups is 1. The van der Waals surface area contributed by atoms with E-state index in [1.54, 1.807) is 24.3 Å². The Balaban J connectivity index is 1.34. The summed E-state index contributed by atoms with van der Waals surface area (Å²) in [6.45, 7) is 8.10. The minimum atomic E-state index is -0.924. The molecule has 0 bridgehead atoms. The van der Waals surface area contributed by atoms with Gasteiger partial charge < -0.3 is 15.3 Å². The molecule has 0 aliphatic carbocycles. The quantitative estimate of drug-likeness (QED) is 0.408. The van der Waals surface area contributed by atoms with Crippen molar-refractivity contribution in [2.75, 3.05) is 19.6 Å². The standard InChI is InChI=1S/C32H36N4O3/c1-32(2,3)28(33-18-24(37)20-36-30(38)25-16-10-11-17-26(25)31(36)39)29-34-27(23-14-8-5-9-15-23)21-35(29)19-22-12-6-4-7-13-22/h4-17,24,27-28,33,37H,18-21H2,1-3H3/t24?,27?,28-/m0/s1. The average molecular weight is 525 g/mol. The van der Waals surface area contributed by atoms with E-state index in [0.717, 1.165) is 23.8 Å². The SMILES string of the molecule is CC(C)(C)[C@@H](NCC(O)CN1C(=O)c2ccccc2C1=O)C1=NC(c2ccccc2)CN1Cc1ccccc1. The monoisotopic (exact) mass is 524 g/mol. The van der Waals surface area contributed by atoms with Crippen molar-refractivity contribution >= 4 is 17.6 Å². The molecule has 0 radical (unpaired) electrons. The fourth-order valence-electron chi connectivity index (χ4n) is 5.36. The van der Waals surface area contributed by atoms with E-state index in [0.29, 0.717) is 11.1 Å². The second-order valence-electron chi connectivity index (χ2n) is 11.4. The predicted molar refractivity (Wildman–Crippen MR) is 153 cm³/mol. The number of amides is 2. The number of β-amino-alcohol motifs (C(OH)–C–C–N with tert-alkyl or cyclic N) is 1. The van der Waals surface area contributed by atoms with Gasteiger partial charge in [-0.25, -0.2) is 0 Å². The lowest BCUT2D eigenvalue weighted by Crippen LogP contribution is -2.54. The van der Waals surface area contributed by atoms with Crippen LogP contribution in [0.5, 0.6) is 0 Å². The molecule has 39 heavy (non-hydrogen) atoms. The van der Waals surface area contributed by atoms with Crippen LogP contribution in [0.1, 0.15) is 58.7 Å². The first-order chi connectivity index (χ1) is 18.7. The maximum Gasteiger partial charge on any atom is 0.261 e. The fraction of sp³-hybridized carbons (Fsp3) is 0.344. The second kappa shape index (κ2) is 11.1. The van der Waals surface area contributed by atoms with Gasteiger partial charge in [-0.05, 0) is 28.7 Å². The molecule has 0 saturated heterocycles. The highest BCUT2D eigenvalue weighted by Gasteiger charge is 2.39. The molecular formula is C32H36N4O3. The Bertz CT molecular complexity index is 1320. The number of hydrogen-bond acceptors (Lipinski definition) is 6. The van der Waals surface area contributed by atoms with Gasteiger partial charge in [-0.2, -0.15) is 0 Å². The van der Waals surface area contributed by atoms with Crippen molar-refractivity contribution in [3.8, 4) is 0 Å². The van der Waals surface area contributed by atoms with Gasteiger partial charge in [0, 0.05) is 19.6 Å².